The molecular formula is C20H25F2N3O3S. The minimum atomic E-state index is -4.21. The Kier molecular flexibility index (Phi) is 6.84. The zero-order valence-corrected chi connectivity index (χ0v) is 17.3. The highest BCUT2D eigenvalue weighted by Crippen LogP contribution is 2.25. The molecule has 29 heavy (non-hydrogen) atoms. The van der Waals surface area contributed by atoms with Crippen LogP contribution in [0.1, 0.15) is 11.6 Å². The Balaban J connectivity index is 1.83. The van der Waals surface area contributed by atoms with Crippen LogP contribution < -0.4 is 9.46 Å². The molecule has 158 valence electrons. The first-order chi connectivity index (χ1) is 13.8. The lowest BCUT2D eigenvalue weighted by atomic mass is 10.0. The zero-order chi connectivity index (χ0) is 21.0. The van der Waals surface area contributed by atoms with Crippen molar-refractivity contribution in [2.45, 2.75) is 10.9 Å². The highest BCUT2D eigenvalue weighted by Gasteiger charge is 2.27. The molecule has 6 nitrogen and oxygen atoms in total. The van der Waals surface area contributed by atoms with E-state index in [1.54, 1.807) is 7.11 Å². The predicted octanol–water partition coefficient (Wildman–Crippen LogP) is 2.24. The van der Waals surface area contributed by atoms with Gasteiger partial charge in [-0.25, -0.2) is 21.9 Å². The summed E-state index contributed by atoms with van der Waals surface area (Å²) in [5, 5.41) is 0. The van der Waals surface area contributed by atoms with Crippen molar-refractivity contribution in [1.82, 2.24) is 14.5 Å². The molecule has 3 rings (SSSR count). The quantitative estimate of drug-likeness (QED) is 0.737. The van der Waals surface area contributed by atoms with Gasteiger partial charge in [0, 0.05) is 38.8 Å². The smallest absolute Gasteiger partial charge is 0.243 e. The number of rotatable bonds is 7. The summed E-state index contributed by atoms with van der Waals surface area (Å²) in [5.74, 6) is -1.09. The maximum absolute atomic E-state index is 14.0. The van der Waals surface area contributed by atoms with Crippen LogP contribution in [0.3, 0.4) is 0 Å². The third-order valence-electron chi connectivity index (χ3n) is 5.13. The molecular weight excluding hydrogens is 400 g/mol. The normalized spacial score (nSPS) is 17.2. The first kappa shape index (κ1) is 21.6. The van der Waals surface area contributed by atoms with Crippen molar-refractivity contribution in [1.29, 1.82) is 0 Å². The van der Waals surface area contributed by atoms with Gasteiger partial charge in [0.2, 0.25) is 10.0 Å². The van der Waals surface area contributed by atoms with Gasteiger partial charge in [-0.1, -0.05) is 12.1 Å². The van der Waals surface area contributed by atoms with Gasteiger partial charge in [-0.15, -0.1) is 0 Å². The van der Waals surface area contributed by atoms with Crippen LogP contribution in [0.4, 0.5) is 8.78 Å². The summed E-state index contributed by atoms with van der Waals surface area (Å²) in [6.45, 7) is 3.29. The third kappa shape index (κ3) is 5.30. The average Bonchev–Trinajstić information content (AvgIpc) is 2.71. The molecule has 0 bridgehead atoms. The number of nitrogens with zero attached hydrogens (tertiary/aromatic N) is 2. The number of halogens is 2. The van der Waals surface area contributed by atoms with E-state index in [9.17, 15) is 17.2 Å². The van der Waals surface area contributed by atoms with Crippen molar-refractivity contribution in [3.8, 4) is 5.75 Å². The fourth-order valence-electron chi connectivity index (χ4n) is 3.37. The monoisotopic (exact) mass is 425 g/mol. The van der Waals surface area contributed by atoms with Crippen LogP contribution in [-0.4, -0.2) is 65.1 Å². The molecule has 0 spiro atoms. The van der Waals surface area contributed by atoms with Crippen molar-refractivity contribution in [2.24, 2.45) is 0 Å². The van der Waals surface area contributed by atoms with E-state index in [4.69, 9.17) is 4.74 Å². The van der Waals surface area contributed by atoms with Gasteiger partial charge in [0.25, 0.3) is 0 Å². The van der Waals surface area contributed by atoms with E-state index in [2.05, 4.69) is 14.5 Å². The lowest BCUT2D eigenvalue weighted by Crippen LogP contribution is -2.48. The highest BCUT2D eigenvalue weighted by atomic mass is 32.2. The fourth-order valence-corrected chi connectivity index (χ4v) is 4.49. The number of piperazine rings is 1. The summed E-state index contributed by atoms with van der Waals surface area (Å²) < 4.78 is 60.3. The fraction of sp³-hybridized carbons (Fsp3) is 0.400. The van der Waals surface area contributed by atoms with Gasteiger partial charge in [-0.05, 0) is 42.9 Å². The summed E-state index contributed by atoms with van der Waals surface area (Å²) in [5.41, 5.74) is 0.915. The Bertz CT molecular complexity index is 930. The van der Waals surface area contributed by atoms with E-state index in [-0.39, 0.29) is 12.6 Å². The van der Waals surface area contributed by atoms with E-state index in [0.717, 1.165) is 43.9 Å². The van der Waals surface area contributed by atoms with Crippen LogP contribution in [0.2, 0.25) is 0 Å². The Labute approximate surface area is 170 Å². The van der Waals surface area contributed by atoms with Gasteiger partial charge in [0.15, 0.2) is 0 Å². The molecule has 0 amide bonds. The maximum atomic E-state index is 14.0. The lowest BCUT2D eigenvalue weighted by molar-refractivity contribution is 0.113. The molecule has 9 heteroatoms. The SMILES string of the molecule is COc1ccc([C@H](CNS(=O)(=O)c2cc(F)ccc2F)N2CCN(C)CC2)cc1. The van der Waals surface area contributed by atoms with Gasteiger partial charge in [0.1, 0.15) is 22.3 Å². The van der Waals surface area contributed by atoms with Crippen LogP contribution in [0.5, 0.6) is 5.75 Å². The predicted molar refractivity (Wildman–Crippen MR) is 106 cm³/mol. The topological polar surface area (TPSA) is 61.9 Å². The minimum Gasteiger partial charge on any atom is -0.497 e. The second kappa shape index (κ2) is 9.17. The molecule has 0 saturated carbocycles. The van der Waals surface area contributed by atoms with E-state index in [0.29, 0.717) is 11.8 Å². The molecule has 0 unspecified atom stereocenters. The van der Waals surface area contributed by atoms with E-state index < -0.39 is 26.6 Å². The summed E-state index contributed by atoms with van der Waals surface area (Å²) in [4.78, 5) is 3.70. The van der Waals surface area contributed by atoms with Crippen molar-refractivity contribution in [3.63, 3.8) is 0 Å². The van der Waals surface area contributed by atoms with E-state index in [1.807, 2.05) is 31.3 Å². The molecule has 1 fully saturated rings. The van der Waals surface area contributed by atoms with Crippen LogP contribution >= 0.6 is 0 Å². The molecule has 0 aliphatic carbocycles. The molecule has 1 aliphatic rings. The lowest BCUT2D eigenvalue weighted by Gasteiger charge is -2.38. The largest absolute Gasteiger partial charge is 0.497 e. The van der Waals surface area contributed by atoms with Crippen molar-refractivity contribution >= 4 is 10.0 Å². The van der Waals surface area contributed by atoms with Crippen molar-refractivity contribution in [2.75, 3.05) is 46.9 Å². The number of likely N-dealkylation sites (N-methyl/N-ethyl adjacent to an activating group) is 1. The van der Waals surface area contributed by atoms with Gasteiger partial charge < -0.3 is 9.64 Å². The Morgan fingerprint density at radius 3 is 2.34 bits per heavy atom. The molecule has 0 radical (unpaired) electrons. The molecule has 1 heterocycles. The molecule has 1 atom stereocenters. The number of hydrogen-bond donors (Lipinski definition) is 1. The van der Waals surface area contributed by atoms with Gasteiger partial charge >= 0.3 is 0 Å². The standard InChI is InChI=1S/C20H25F2N3O3S/c1-24-9-11-25(12-10-24)19(15-3-6-17(28-2)7-4-15)14-23-29(26,27)20-13-16(21)5-8-18(20)22/h3-8,13,19,23H,9-12,14H2,1-2H3/t19-/m0/s1. The van der Waals surface area contributed by atoms with Crippen LogP contribution in [-0.2, 0) is 10.0 Å². The summed E-state index contributed by atoms with van der Waals surface area (Å²) in [6.07, 6.45) is 0. The molecule has 2 aromatic carbocycles. The van der Waals surface area contributed by atoms with Gasteiger partial charge in [-0.3, -0.25) is 4.90 Å². The molecule has 2 aromatic rings. The Hall–Kier alpha value is -2.07. The molecule has 1 aliphatic heterocycles. The second-order valence-electron chi connectivity index (χ2n) is 7.05. The van der Waals surface area contributed by atoms with Crippen molar-refractivity contribution < 1.29 is 21.9 Å². The number of nitrogens with one attached hydrogen (secondary N) is 1. The number of sulfonamides is 1. The number of hydrogen-bond acceptors (Lipinski definition) is 5. The highest BCUT2D eigenvalue weighted by molar-refractivity contribution is 7.89. The minimum absolute atomic E-state index is 0.0360. The Morgan fingerprint density at radius 1 is 1.07 bits per heavy atom. The Morgan fingerprint density at radius 2 is 1.72 bits per heavy atom. The number of ether oxygens (including phenoxy) is 1. The van der Waals surface area contributed by atoms with Crippen molar-refractivity contribution in [3.05, 3.63) is 59.7 Å². The van der Waals surface area contributed by atoms with E-state index >= 15 is 0 Å². The van der Waals surface area contributed by atoms with Crippen LogP contribution in [0, 0.1) is 11.6 Å². The summed E-state index contributed by atoms with van der Waals surface area (Å²) in [6, 6.07) is 9.55. The van der Waals surface area contributed by atoms with E-state index in [1.165, 1.54) is 0 Å². The average molecular weight is 426 g/mol. The second-order valence-corrected chi connectivity index (χ2v) is 8.79. The first-order valence-corrected chi connectivity index (χ1v) is 10.8. The van der Waals surface area contributed by atoms with Gasteiger partial charge in [-0.2, -0.15) is 0 Å². The summed E-state index contributed by atoms with van der Waals surface area (Å²) >= 11 is 0. The maximum Gasteiger partial charge on any atom is 0.243 e. The molecule has 0 aromatic heterocycles. The molecule has 1 saturated heterocycles. The zero-order valence-electron chi connectivity index (χ0n) is 16.4. The number of methoxy groups -OCH3 is 1. The summed E-state index contributed by atoms with van der Waals surface area (Å²) in [7, 11) is -0.591. The van der Waals surface area contributed by atoms with Crippen LogP contribution in [0.15, 0.2) is 47.4 Å². The van der Waals surface area contributed by atoms with Crippen LogP contribution in [0.25, 0.3) is 0 Å². The third-order valence-corrected chi connectivity index (χ3v) is 6.57. The molecule has 1 N–H and O–H groups in total. The van der Waals surface area contributed by atoms with Gasteiger partial charge in [0.05, 0.1) is 7.11 Å². The number of benzene rings is 2. The first-order valence-electron chi connectivity index (χ1n) is 9.31.